The lowest BCUT2D eigenvalue weighted by atomic mass is 10.1. The molecule has 0 bridgehead atoms. The Hall–Kier alpha value is -1.76. The van der Waals surface area contributed by atoms with Gasteiger partial charge in [0, 0.05) is 12.6 Å². The zero-order chi connectivity index (χ0) is 14.0. The molecule has 0 unspecified atom stereocenters. The van der Waals surface area contributed by atoms with Gasteiger partial charge in [-0.05, 0) is 29.8 Å². The summed E-state index contributed by atoms with van der Waals surface area (Å²) in [7, 11) is 1.86. The fourth-order valence-electron chi connectivity index (χ4n) is 1.99. The summed E-state index contributed by atoms with van der Waals surface area (Å²) in [4.78, 5) is 18.9. The highest BCUT2D eigenvalue weighted by Crippen LogP contribution is 2.31. The first-order valence-corrected chi connectivity index (χ1v) is 6.41. The number of halogens is 1. The molecule has 2 aromatic heterocycles. The van der Waals surface area contributed by atoms with Crippen LogP contribution in [0.15, 0.2) is 10.7 Å². The van der Waals surface area contributed by atoms with E-state index < -0.39 is 0 Å². The molecule has 2 aromatic rings. The molecule has 0 saturated carbocycles. The lowest BCUT2D eigenvalue weighted by Gasteiger charge is -2.11. The number of aryl methyl sites for hydroxylation is 3. The number of hydrogen-bond acceptors (Lipinski definition) is 5. The van der Waals surface area contributed by atoms with Gasteiger partial charge in [-0.2, -0.15) is 5.10 Å². The molecular weight excluding hydrogens is 312 g/mol. The fraction of sp³-hybridized carbons (Fsp3) is 0.333. The first-order valence-electron chi connectivity index (χ1n) is 5.61. The van der Waals surface area contributed by atoms with Crippen LogP contribution in [0.25, 0.3) is 11.3 Å². The first-order chi connectivity index (χ1) is 9.04. The molecule has 19 heavy (non-hydrogen) atoms. The van der Waals surface area contributed by atoms with Crippen molar-refractivity contribution in [3.05, 3.63) is 27.9 Å². The smallest absolute Gasteiger partial charge is 0.293 e. The molecule has 0 amide bonds. The van der Waals surface area contributed by atoms with Crippen molar-refractivity contribution in [3.8, 4) is 11.3 Å². The number of rotatable bonds is 4. The van der Waals surface area contributed by atoms with Crippen LogP contribution in [0.2, 0.25) is 0 Å². The van der Waals surface area contributed by atoms with Gasteiger partial charge >= 0.3 is 0 Å². The number of hydrogen-bond donors (Lipinski definition) is 0. The Morgan fingerprint density at radius 1 is 1.37 bits per heavy atom. The maximum Gasteiger partial charge on any atom is 0.293 e. The van der Waals surface area contributed by atoms with Crippen LogP contribution >= 0.6 is 15.9 Å². The number of aromatic nitrogens is 4. The second-order valence-corrected chi connectivity index (χ2v) is 4.91. The fourth-order valence-corrected chi connectivity index (χ4v) is 2.54. The minimum absolute atomic E-state index is 0.0814. The molecule has 0 spiro atoms. The number of ether oxygens (including phenoxy) is 1. The third-order valence-electron chi connectivity index (χ3n) is 2.73. The van der Waals surface area contributed by atoms with Crippen molar-refractivity contribution in [2.75, 3.05) is 0 Å². The summed E-state index contributed by atoms with van der Waals surface area (Å²) in [6.45, 7) is 4.26. The summed E-state index contributed by atoms with van der Waals surface area (Å²) in [6, 6.07) is 0. The molecule has 0 aliphatic carbocycles. The lowest BCUT2D eigenvalue weighted by molar-refractivity contribution is -0.130. The number of nitrogens with zero attached hydrogens (tertiary/aromatic N) is 4. The van der Waals surface area contributed by atoms with Gasteiger partial charge < -0.3 is 4.74 Å². The second kappa shape index (κ2) is 5.48. The van der Waals surface area contributed by atoms with Crippen LogP contribution in [0.1, 0.15) is 17.2 Å². The van der Waals surface area contributed by atoms with Crippen molar-refractivity contribution >= 4 is 22.4 Å². The first kappa shape index (κ1) is 13.7. The van der Waals surface area contributed by atoms with Gasteiger partial charge in [-0.25, -0.2) is 9.97 Å². The predicted octanol–water partition coefficient (Wildman–Crippen LogP) is 1.93. The van der Waals surface area contributed by atoms with Gasteiger partial charge in [-0.3, -0.25) is 9.48 Å². The van der Waals surface area contributed by atoms with Crippen molar-refractivity contribution in [1.29, 1.82) is 0 Å². The Bertz CT molecular complexity index is 582. The van der Waals surface area contributed by atoms with Crippen LogP contribution in [-0.4, -0.2) is 26.2 Å². The Kier molecular flexibility index (Phi) is 3.94. The summed E-state index contributed by atoms with van der Waals surface area (Å²) < 4.78 is 7.33. The van der Waals surface area contributed by atoms with Crippen molar-refractivity contribution in [2.45, 2.75) is 20.5 Å². The van der Waals surface area contributed by atoms with E-state index in [9.17, 15) is 4.79 Å². The highest BCUT2D eigenvalue weighted by Gasteiger charge is 2.17. The van der Waals surface area contributed by atoms with Crippen LogP contribution in [0.4, 0.5) is 0 Å². The van der Waals surface area contributed by atoms with Gasteiger partial charge in [-0.1, -0.05) is 0 Å². The lowest BCUT2D eigenvalue weighted by Crippen LogP contribution is -2.06. The van der Waals surface area contributed by atoms with Gasteiger partial charge in [0.1, 0.15) is 0 Å². The normalized spacial score (nSPS) is 10.5. The zero-order valence-electron chi connectivity index (χ0n) is 10.8. The summed E-state index contributed by atoms with van der Waals surface area (Å²) in [5.41, 5.74) is 3.50. The van der Waals surface area contributed by atoms with E-state index in [0.717, 1.165) is 27.1 Å². The van der Waals surface area contributed by atoms with Crippen LogP contribution in [0.5, 0.6) is 0 Å². The van der Waals surface area contributed by atoms with Crippen molar-refractivity contribution in [1.82, 2.24) is 19.7 Å². The quantitative estimate of drug-likeness (QED) is 0.804. The van der Waals surface area contributed by atoms with Gasteiger partial charge in [0.2, 0.25) is 0 Å². The minimum Gasteiger partial charge on any atom is -0.460 e. The third-order valence-corrected chi connectivity index (χ3v) is 3.31. The molecule has 2 rings (SSSR count). The largest absolute Gasteiger partial charge is 0.460 e. The summed E-state index contributed by atoms with van der Waals surface area (Å²) in [5, 5.41) is 4.19. The Labute approximate surface area is 119 Å². The summed E-state index contributed by atoms with van der Waals surface area (Å²) in [6.07, 6.45) is 1.73. The number of carbonyl (C=O) groups is 1. The predicted molar refractivity (Wildman–Crippen MR) is 72.3 cm³/mol. The van der Waals surface area contributed by atoms with Gasteiger partial charge in [0.05, 0.1) is 27.8 Å². The molecular formula is C12H13BrN4O2. The summed E-state index contributed by atoms with van der Waals surface area (Å²) >= 11 is 3.47. The highest BCUT2D eigenvalue weighted by molar-refractivity contribution is 9.10. The van der Waals surface area contributed by atoms with Crippen molar-refractivity contribution in [2.24, 2.45) is 7.05 Å². The molecule has 0 aliphatic rings. The zero-order valence-corrected chi connectivity index (χ0v) is 12.4. The van der Waals surface area contributed by atoms with Crippen LogP contribution in [0.3, 0.4) is 0 Å². The summed E-state index contributed by atoms with van der Waals surface area (Å²) in [5.74, 6) is 0.490. The van der Waals surface area contributed by atoms with Crippen molar-refractivity contribution in [3.63, 3.8) is 0 Å². The van der Waals surface area contributed by atoms with E-state index in [0.29, 0.717) is 12.3 Å². The monoisotopic (exact) mass is 324 g/mol. The van der Waals surface area contributed by atoms with E-state index in [-0.39, 0.29) is 6.61 Å². The average molecular weight is 325 g/mol. The van der Waals surface area contributed by atoms with Crippen molar-refractivity contribution < 1.29 is 9.53 Å². The maximum absolute atomic E-state index is 10.2. The van der Waals surface area contributed by atoms with Gasteiger partial charge in [-0.15, -0.1) is 0 Å². The van der Waals surface area contributed by atoms with E-state index in [1.165, 1.54) is 0 Å². The molecule has 6 nitrogen and oxygen atoms in total. The molecule has 7 heteroatoms. The standard InChI is InChI=1S/C12H13BrN4O2/c1-7-11(12-9(13)4-14-17(12)3)8(2)16-10(15-7)5-19-6-18/h4,6H,5H2,1-3H3. The Balaban J connectivity index is 2.51. The van der Waals surface area contributed by atoms with E-state index >= 15 is 0 Å². The molecule has 0 fully saturated rings. The van der Waals surface area contributed by atoms with Crippen LogP contribution in [-0.2, 0) is 23.2 Å². The van der Waals surface area contributed by atoms with Crippen LogP contribution in [0, 0.1) is 13.8 Å². The Morgan fingerprint density at radius 3 is 2.47 bits per heavy atom. The molecule has 100 valence electrons. The average Bonchev–Trinajstić information content (AvgIpc) is 2.67. The topological polar surface area (TPSA) is 69.9 Å². The molecule has 0 radical (unpaired) electrons. The maximum atomic E-state index is 10.2. The van der Waals surface area contributed by atoms with Gasteiger partial charge in [0.15, 0.2) is 12.4 Å². The third kappa shape index (κ3) is 2.65. The highest BCUT2D eigenvalue weighted by atomic mass is 79.9. The minimum atomic E-state index is 0.0814. The van der Waals surface area contributed by atoms with E-state index in [4.69, 9.17) is 0 Å². The molecule has 0 aromatic carbocycles. The van der Waals surface area contributed by atoms with E-state index in [2.05, 4.69) is 35.7 Å². The van der Waals surface area contributed by atoms with Crippen LogP contribution < -0.4 is 0 Å². The Morgan fingerprint density at radius 2 is 2.00 bits per heavy atom. The van der Waals surface area contributed by atoms with E-state index in [1.54, 1.807) is 10.9 Å². The molecule has 0 N–H and O–H groups in total. The number of carbonyl (C=O) groups excluding carboxylic acids is 1. The molecule has 0 saturated heterocycles. The van der Waals surface area contributed by atoms with E-state index in [1.807, 2.05) is 20.9 Å². The van der Waals surface area contributed by atoms with Gasteiger partial charge in [0.25, 0.3) is 6.47 Å². The SMILES string of the molecule is Cc1nc(COC=O)nc(C)c1-c1c(Br)cnn1C. The molecule has 0 atom stereocenters. The molecule has 2 heterocycles. The molecule has 0 aliphatic heterocycles. The second-order valence-electron chi connectivity index (χ2n) is 4.06.